The van der Waals surface area contributed by atoms with Crippen LogP contribution in [0.25, 0.3) is 0 Å². The first kappa shape index (κ1) is 18.5. The number of carbonyl (C=O) groups is 1. The lowest BCUT2D eigenvalue weighted by atomic mass is 9.66. The lowest BCUT2D eigenvalue weighted by Crippen LogP contribution is -2.49. The second-order valence-corrected chi connectivity index (χ2v) is 8.45. The Hall–Kier alpha value is -1.33. The Morgan fingerprint density at radius 3 is 2.72 bits per heavy atom. The molecule has 3 heterocycles. The molecule has 1 aromatic heterocycles. The summed E-state index contributed by atoms with van der Waals surface area (Å²) in [5.74, 6) is 0.0577. The van der Waals surface area contributed by atoms with Crippen LogP contribution in [0.1, 0.15) is 55.8 Å². The summed E-state index contributed by atoms with van der Waals surface area (Å²) < 4.78 is 7.12. The Morgan fingerprint density at radius 2 is 2.12 bits per heavy atom. The summed E-state index contributed by atoms with van der Waals surface area (Å²) in [6.45, 7) is 6.04. The number of Topliss-reactive ketones (excluding diaryl/α,β-unsaturated/α-hetero) is 1. The van der Waals surface area contributed by atoms with Crippen molar-refractivity contribution in [2.45, 2.75) is 52.2 Å². The van der Waals surface area contributed by atoms with E-state index in [9.17, 15) is 14.7 Å². The first-order valence-corrected chi connectivity index (χ1v) is 9.37. The molecule has 1 N–H and O–H groups in total. The minimum Gasteiger partial charge on any atom is -0.491 e. The molecule has 2 aliphatic rings. The van der Waals surface area contributed by atoms with Crippen molar-refractivity contribution in [1.29, 1.82) is 0 Å². The molecule has 6 heteroatoms. The quantitative estimate of drug-likeness (QED) is 0.812. The minimum atomic E-state index is -0.772. The van der Waals surface area contributed by atoms with Crippen LogP contribution in [0.15, 0.2) is 10.9 Å². The molecule has 0 radical (unpaired) electrons. The molecule has 3 rings (SSSR count). The molecule has 5 nitrogen and oxygen atoms in total. The van der Waals surface area contributed by atoms with Crippen molar-refractivity contribution < 1.29 is 14.6 Å². The van der Waals surface area contributed by atoms with E-state index in [-0.39, 0.29) is 28.9 Å². The monoisotopic (exact) mass is 367 g/mol. The van der Waals surface area contributed by atoms with Gasteiger partial charge in [0.15, 0.2) is 11.5 Å². The van der Waals surface area contributed by atoms with E-state index >= 15 is 0 Å². The summed E-state index contributed by atoms with van der Waals surface area (Å²) in [7, 11) is 1.41. The molecular weight excluding hydrogens is 342 g/mol. The normalized spacial score (nSPS) is 26.5. The highest BCUT2D eigenvalue weighted by atomic mass is 35.5. The number of methoxy groups -OCH3 is 1. The van der Waals surface area contributed by atoms with Gasteiger partial charge in [0.25, 0.3) is 0 Å². The molecular formula is C19H26ClNO4. The number of hydrogen-bond donors (Lipinski definition) is 1. The third kappa shape index (κ3) is 2.81. The lowest BCUT2D eigenvalue weighted by Gasteiger charge is -2.44. The van der Waals surface area contributed by atoms with Gasteiger partial charge in [0.2, 0.25) is 5.43 Å². The van der Waals surface area contributed by atoms with Crippen LogP contribution in [0, 0.1) is 17.3 Å². The molecule has 4 atom stereocenters. The molecule has 0 saturated carbocycles. The van der Waals surface area contributed by atoms with Crippen LogP contribution in [-0.4, -0.2) is 34.6 Å². The predicted molar refractivity (Wildman–Crippen MR) is 96.7 cm³/mol. The van der Waals surface area contributed by atoms with Gasteiger partial charge >= 0.3 is 0 Å². The second kappa shape index (κ2) is 6.44. The maximum absolute atomic E-state index is 13.4. The van der Waals surface area contributed by atoms with Gasteiger partial charge in [0.05, 0.1) is 25.2 Å². The van der Waals surface area contributed by atoms with Gasteiger partial charge in [-0.05, 0) is 30.6 Å². The van der Waals surface area contributed by atoms with Gasteiger partial charge in [-0.1, -0.05) is 20.8 Å². The van der Waals surface area contributed by atoms with E-state index in [1.807, 2.05) is 25.3 Å². The first-order chi connectivity index (χ1) is 11.7. The maximum atomic E-state index is 13.4. The van der Waals surface area contributed by atoms with E-state index in [4.69, 9.17) is 16.3 Å². The number of pyridine rings is 1. The molecule has 2 aliphatic heterocycles. The van der Waals surface area contributed by atoms with E-state index in [1.165, 1.54) is 13.2 Å². The maximum Gasteiger partial charge on any atom is 0.224 e. The van der Waals surface area contributed by atoms with Gasteiger partial charge in [-0.25, -0.2) is 0 Å². The van der Waals surface area contributed by atoms with Crippen LogP contribution in [-0.2, 0) is 6.42 Å². The molecule has 0 bridgehead atoms. The van der Waals surface area contributed by atoms with E-state index in [2.05, 4.69) is 0 Å². The van der Waals surface area contributed by atoms with E-state index in [0.717, 1.165) is 18.5 Å². The zero-order valence-electron chi connectivity index (χ0n) is 15.2. The van der Waals surface area contributed by atoms with Gasteiger partial charge in [-0.15, -0.1) is 11.6 Å². The standard InChI is InChI=1S/C19H26ClNO4/c1-10(9-20)8-19(2,3)14-16(23)12-6-5-11-7-13(22)18(25-4)15(17(14)24)21(11)12/h7,10,12,14,16,23H,5-6,8-9H2,1-4H3. The number of aliphatic hydroxyl groups is 1. The number of aryl methyl sites for hydroxylation is 1. The summed E-state index contributed by atoms with van der Waals surface area (Å²) >= 11 is 5.97. The number of nitrogens with zero attached hydrogens (tertiary/aromatic N) is 1. The number of alkyl halides is 1. The molecule has 25 heavy (non-hydrogen) atoms. The molecule has 0 aliphatic carbocycles. The van der Waals surface area contributed by atoms with Gasteiger partial charge in [0, 0.05) is 17.6 Å². The Labute approximate surface area is 152 Å². The Morgan fingerprint density at radius 1 is 1.44 bits per heavy atom. The number of halogens is 1. The Kier molecular flexibility index (Phi) is 4.75. The average Bonchev–Trinajstić information content (AvgIpc) is 2.95. The number of ketones is 1. The van der Waals surface area contributed by atoms with Crippen LogP contribution >= 0.6 is 11.6 Å². The lowest BCUT2D eigenvalue weighted by molar-refractivity contribution is -0.0102. The molecule has 0 saturated heterocycles. The summed E-state index contributed by atoms with van der Waals surface area (Å²) in [5, 5.41) is 11.0. The van der Waals surface area contributed by atoms with Crippen LogP contribution in [0.2, 0.25) is 0 Å². The largest absolute Gasteiger partial charge is 0.491 e. The fourth-order valence-electron chi connectivity index (χ4n) is 4.83. The first-order valence-electron chi connectivity index (χ1n) is 8.83. The van der Waals surface area contributed by atoms with Crippen LogP contribution in [0.3, 0.4) is 0 Å². The molecule has 0 fully saturated rings. The SMILES string of the molecule is COc1c2n3c(cc1=O)CCC3C(O)C(C(C)(C)CC(C)CCl)C2=O. The second-order valence-electron chi connectivity index (χ2n) is 8.14. The smallest absolute Gasteiger partial charge is 0.224 e. The molecule has 0 amide bonds. The predicted octanol–water partition coefficient (Wildman–Crippen LogP) is 2.81. The zero-order valence-corrected chi connectivity index (χ0v) is 16.0. The molecule has 1 aromatic rings. The number of aromatic nitrogens is 1. The number of rotatable bonds is 5. The number of ether oxygens (including phenoxy) is 1. The van der Waals surface area contributed by atoms with E-state index < -0.39 is 17.4 Å². The number of carbonyl (C=O) groups excluding carboxylic acids is 1. The van der Waals surface area contributed by atoms with Crippen molar-refractivity contribution in [1.82, 2.24) is 4.57 Å². The summed E-state index contributed by atoms with van der Waals surface area (Å²) in [5.41, 5.74) is 0.438. The molecule has 4 unspecified atom stereocenters. The Bertz CT molecular complexity index is 755. The van der Waals surface area contributed by atoms with Crippen LogP contribution < -0.4 is 10.2 Å². The van der Waals surface area contributed by atoms with Crippen LogP contribution in [0.4, 0.5) is 0 Å². The minimum absolute atomic E-state index is 0.0961. The van der Waals surface area contributed by atoms with E-state index in [1.54, 1.807) is 0 Å². The highest BCUT2D eigenvalue weighted by Crippen LogP contribution is 2.48. The summed E-state index contributed by atoms with van der Waals surface area (Å²) in [6.07, 6.45) is 1.37. The molecule has 138 valence electrons. The number of hydrogen-bond acceptors (Lipinski definition) is 4. The van der Waals surface area contributed by atoms with Crippen molar-refractivity contribution in [2.24, 2.45) is 17.3 Å². The zero-order chi connectivity index (χ0) is 18.5. The van der Waals surface area contributed by atoms with Crippen molar-refractivity contribution in [3.05, 3.63) is 27.7 Å². The van der Waals surface area contributed by atoms with Crippen molar-refractivity contribution in [2.75, 3.05) is 13.0 Å². The third-order valence-corrected chi connectivity index (χ3v) is 6.28. The fraction of sp³-hybridized carbons (Fsp3) is 0.684. The van der Waals surface area contributed by atoms with Gasteiger partial charge in [-0.3, -0.25) is 9.59 Å². The van der Waals surface area contributed by atoms with E-state index in [0.29, 0.717) is 18.0 Å². The van der Waals surface area contributed by atoms with Crippen molar-refractivity contribution in [3.63, 3.8) is 0 Å². The van der Waals surface area contributed by atoms with Gasteiger partial charge in [0.1, 0.15) is 5.69 Å². The topological polar surface area (TPSA) is 68.5 Å². The van der Waals surface area contributed by atoms with Gasteiger partial charge < -0.3 is 14.4 Å². The van der Waals surface area contributed by atoms with Gasteiger partial charge in [-0.2, -0.15) is 0 Å². The van der Waals surface area contributed by atoms with Crippen molar-refractivity contribution in [3.8, 4) is 5.75 Å². The average molecular weight is 368 g/mol. The third-order valence-electron chi connectivity index (χ3n) is 5.75. The Balaban J connectivity index is 2.14. The summed E-state index contributed by atoms with van der Waals surface area (Å²) in [4.78, 5) is 25.7. The molecule has 0 spiro atoms. The van der Waals surface area contributed by atoms with Crippen molar-refractivity contribution >= 4 is 17.4 Å². The highest BCUT2D eigenvalue weighted by Gasteiger charge is 2.51. The molecule has 0 aromatic carbocycles. The number of aliphatic hydroxyl groups excluding tert-OH is 1. The highest BCUT2D eigenvalue weighted by molar-refractivity contribution is 6.18. The fourth-order valence-corrected chi connectivity index (χ4v) is 4.93. The summed E-state index contributed by atoms with van der Waals surface area (Å²) in [6, 6.07) is 1.34. The van der Waals surface area contributed by atoms with Crippen LogP contribution in [0.5, 0.6) is 5.75 Å².